The SMILES string of the molecule is CCCNC1=C(CC2C=C(C(C)(C)C)Sc3ccc(OC(C)CC)cc32)C(=O)C1C(C)C1=CC(C(C)(C)C)=CSc2ccc(OC(C)CC)cc21. The van der Waals surface area contributed by atoms with Crippen LogP contribution in [0.3, 0.4) is 0 Å². The maximum absolute atomic E-state index is 14.6. The molecule has 2 heterocycles. The molecule has 276 valence electrons. The first-order valence-corrected chi connectivity index (χ1v) is 20.9. The average Bonchev–Trinajstić information content (AvgIpc) is 3.28. The fourth-order valence-electron chi connectivity index (χ4n) is 6.82. The van der Waals surface area contributed by atoms with Gasteiger partial charge < -0.3 is 14.8 Å². The molecule has 5 atom stereocenters. The van der Waals surface area contributed by atoms with Gasteiger partial charge in [-0.3, -0.25) is 4.79 Å². The van der Waals surface area contributed by atoms with Crippen LogP contribution < -0.4 is 14.8 Å². The Labute approximate surface area is 317 Å². The van der Waals surface area contributed by atoms with Crippen LogP contribution in [0.1, 0.15) is 126 Å². The van der Waals surface area contributed by atoms with Crippen molar-refractivity contribution < 1.29 is 14.3 Å². The minimum absolute atomic E-state index is 0.0119. The molecule has 4 nitrogen and oxygen atoms in total. The average molecular weight is 728 g/mol. The molecule has 0 amide bonds. The van der Waals surface area contributed by atoms with E-state index in [9.17, 15) is 4.79 Å². The lowest BCUT2D eigenvalue weighted by molar-refractivity contribution is -0.121. The molecule has 2 aromatic carbocycles. The number of hydrogen-bond donors (Lipinski definition) is 1. The molecule has 2 aromatic rings. The first-order valence-electron chi connectivity index (χ1n) is 19.2. The molecule has 0 bridgehead atoms. The molecule has 0 spiro atoms. The molecule has 0 fully saturated rings. The Morgan fingerprint density at radius 3 is 2.06 bits per heavy atom. The molecule has 1 N–H and O–H groups in total. The molecule has 5 unspecified atom stereocenters. The van der Waals surface area contributed by atoms with Gasteiger partial charge in [0.1, 0.15) is 11.5 Å². The van der Waals surface area contributed by atoms with E-state index in [2.05, 4.69) is 142 Å². The molecular formula is C45H61NO3S2. The first kappa shape index (κ1) is 39.4. The van der Waals surface area contributed by atoms with E-state index in [-0.39, 0.29) is 46.6 Å². The van der Waals surface area contributed by atoms with Gasteiger partial charge in [-0.2, -0.15) is 0 Å². The van der Waals surface area contributed by atoms with Gasteiger partial charge in [0.25, 0.3) is 0 Å². The highest BCUT2D eigenvalue weighted by atomic mass is 32.2. The molecule has 0 aromatic heterocycles. The first-order chi connectivity index (χ1) is 24.0. The zero-order valence-corrected chi connectivity index (χ0v) is 34.8. The van der Waals surface area contributed by atoms with Crippen LogP contribution in [0.5, 0.6) is 11.5 Å². The Morgan fingerprint density at radius 1 is 0.843 bits per heavy atom. The minimum atomic E-state index is -0.224. The fourth-order valence-corrected chi connectivity index (χ4v) is 9.19. The number of carbonyl (C=O) groups is 1. The van der Waals surface area contributed by atoms with Crippen LogP contribution in [0.4, 0.5) is 0 Å². The lowest BCUT2D eigenvalue weighted by atomic mass is 9.67. The van der Waals surface area contributed by atoms with Crippen molar-refractivity contribution in [1.29, 1.82) is 0 Å². The monoisotopic (exact) mass is 727 g/mol. The summed E-state index contributed by atoms with van der Waals surface area (Å²) in [5.41, 5.74) is 6.96. The second kappa shape index (κ2) is 16.0. The molecule has 1 aliphatic carbocycles. The van der Waals surface area contributed by atoms with E-state index in [1.165, 1.54) is 37.0 Å². The number of rotatable bonds is 13. The smallest absolute Gasteiger partial charge is 0.170 e. The van der Waals surface area contributed by atoms with Gasteiger partial charge >= 0.3 is 0 Å². The molecule has 5 rings (SSSR count). The van der Waals surface area contributed by atoms with Crippen LogP contribution in [-0.2, 0) is 4.79 Å². The van der Waals surface area contributed by atoms with Crippen molar-refractivity contribution in [3.8, 4) is 11.5 Å². The summed E-state index contributed by atoms with van der Waals surface area (Å²) in [6, 6.07) is 13.0. The van der Waals surface area contributed by atoms with E-state index in [4.69, 9.17) is 9.47 Å². The lowest BCUT2D eigenvalue weighted by Crippen LogP contribution is -2.43. The summed E-state index contributed by atoms with van der Waals surface area (Å²) in [6.45, 7) is 27.5. The number of allylic oxidation sites excluding steroid dienone is 7. The number of carbonyl (C=O) groups excluding carboxylic acids is 1. The second-order valence-electron chi connectivity index (χ2n) is 16.7. The topological polar surface area (TPSA) is 47.6 Å². The minimum Gasteiger partial charge on any atom is -0.491 e. The van der Waals surface area contributed by atoms with Crippen LogP contribution in [0, 0.1) is 22.7 Å². The van der Waals surface area contributed by atoms with Crippen LogP contribution >= 0.6 is 23.5 Å². The standard InChI is InChI=1S/C45H61NO3S2/c1-13-20-46-42-37(21-30-22-40(45(10,11)12)51-39-19-17-32(24-35(30)39)48-27(4)14-2)43(47)41(42)29(6)34-23-31(44(7,8)9)26-50-38-18-16-33(25-36(34)38)49-28(5)15-3/h16-19,22-30,41,46H,13-15,20-21H2,1-12H3. The lowest BCUT2D eigenvalue weighted by Gasteiger charge is -2.40. The van der Waals surface area contributed by atoms with Crippen molar-refractivity contribution in [1.82, 2.24) is 5.32 Å². The Morgan fingerprint density at radius 2 is 1.47 bits per heavy atom. The third-order valence-corrected chi connectivity index (χ3v) is 13.0. The van der Waals surface area contributed by atoms with E-state index in [1.54, 1.807) is 11.8 Å². The number of thioether (sulfide) groups is 2. The number of ketones is 1. The van der Waals surface area contributed by atoms with Crippen LogP contribution in [-0.4, -0.2) is 24.5 Å². The van der Waals surface area contributed by atoms with Crippen LogP contribution in [0.2, 0.25) is 0 Å². The van der Waals surface area contributed by atoms with Crippen molar-refractivity contribution in [3.05, 3.63) is 86.8 Å². The summed E-state index contributed by atoms with van der Waals surface area (Å²) in [5, 5.41) is 6.08. The molecule has 0 saturated carbocycles. The van der Waals surface area contributed by atoms with E-state index >= 15 is 0 Å². The number of hydrogen-bond acceptors (Lipinski definition) is 6. The van der Waals surface area contributed by atoms with E-state index in [1.807, 2.05) is 11.8 Å². The van der Waals surface area contributed by atoms with E-state index in [0.717, 1.165) is 48.6 Å². The predicted molar refractivity (Wildman–Crippen MR) is 219 cm³/mol. The molecule has 0 radical (unpaired) electrons. The molecule has 51 heavy (non-hydrogen) atoms. The molecular weight excluding hydrogens is 667 g/mol. The summed E-state index contributed by atoms with van der Waals surface area (Å²) in [5.74, 6) is 1.90. The number of benzene rings is 2. The Hall–Kier alpha value is -2.83. The normalized spacial score (nSPS) is 20.9. The van der Waals surface area contributed by atoms with Gasteiger partial charge in [-0.05, 0) is 125 Å². The van der Waals surface area contributed by atoms with Gasteiger partial charge in [0.05, 0.1) is 18.1 Å². The molecule has 3 aliphatic rings. The van der Waals surface area contributed by atoms with Crippen molar-refractivity contribution in [2.45, 2.75) is 137 Å². The summed E-state index contributed by atoms with van der Waals surface area (Å²) in [4.78, 5) is 18.5. The van der Waals surface area contributed by atoms with Crippen molar-refractivity contribution in [2.75, 3.05) is 6.54 Å². The summed E-state index contributed by atoms with van der Waals surface area (Å²) in [7, 11) is 0. The van der Waals surface area contributed by atoms with Crippen molar-refractivity contribution in [3.63, 3.8) is 0 Å². The van der Waals surface area contributed by atoms with Gasteiger partial charge in [-0.25, -0.2) is 0 Å². The fraction of sp³-hybridized carbons (Fsp3) is 0.533. The zero-order chi connectivity index (χ0) is 37.2. The Balaban J connectivity index is 1.56. The van der Waals surface area contributed by atoms with Crippen LogP contribution in [0.15, 0.2) is 85.5 Å². The van der Waals surface area contributed by atoms with Gasteiger partial charge in [0.15, 0.2) is 5.78 Å². The highest BCUT2D eigenvalue weighted by molar-refractivity contribution is 8.03. The number of nitrogens with one attached hydrogen (secondary N) is 1. The number of fused-ring (bicyclic) bond motifs is 2. The third kappa shape index (κ3) is 8.87. The maximum Gasteiger partial charge on any atom is 0.170 e. The predicted octanol–water partition coefficient (Wildman–Crippen LogP) is 12.8. The maximum atomic E-state index is 14.6. The quantitative estimate of drug-likeness (QED) is 0.222. The highest BCUT2D eigenvalue weighted by Gasteiger charge is 2.45. The summed E-state index contributed by atoms with van der Waals surface area (Å²) >= 11 is 3.64. The van der Waals surface area contributed by atoms with Gasteiger partial charge in [0, 0.05) is 33.5 Å². The van der Waals surface area contributed by atoms with E-state index in [0.29, 0.717) is 6.42 Å². The molecule has 0 saturated heterocycles. The van der Waals surface area contributed by atoms with Crippen molar-refractivity contribution in [2.24, 2.45) is 22.7 Å². The Bertz CT molecular complexity index is 1730. The second-order valence-corrected chi connectivity index (χ2v) is 18.7. The number of Topliss-reactive ketones (excluding diaryl/α,β-unsaturated/α-hetero) is 1. The largest absolute Gasteiger partial charge is 0.491 e. The number of ether oxygens (including phenoxy) is 2. The van der Waals surface area contributed by atoms with Crippen LogP contribution in [0.25, 0.3) is 5.57 Å². The zero-order valence-electron chi connectivity index (χ0n) is 33.2. The highest BCUT2D eigenvalue weighted by Crippen LogP contribution is 2.53. The third-order valence-electron chi connectivity index (χ3n) is 10.5. The Kier molecular flexibility index (Phi) is 12.4. The van der Waals surface area contributed by atoms with Gasteiger partial charge in [-0.15, -0.1) is 0 Å². The van der Waals surface area contributed by atoms with Gasteiger partial charge in [-0.1, -0.05) is 105 Å². The van der Waals surface area contributed by atoms with Crippen molar-refractivity contribution >= 4 is 34.9 Å². The molecule has 6 heteroatoms. The van der Waals surface area contributed by atoms with Gasteiger partial charge in [0.2, 0.25) is 0 Å². The molecule has 2 aliphatic heterocycles. The summed E-state index contributed by atoms with van der Waals surface area (Å²) in [6.07, 6.45) is 8.64. The summed E-state index contributed by atoms with van der Waals surface area (Å²) < 4.78 is 12.6. The van der Waals surface area contributed by atoms with E-state index < -0.39 is 0 Å².